The van der Waals surface area contributed by atoms with Crippen molar-refractivity contribution in [3.63, 3.8) is 0 Å². The van der Waals surface area contributed by atoms with Gasteiger partial charge in [0, 0.05) is 0 Å². The van der Waals surface area contributed by atoms with Gasteiger partial charge in [0.2, 0.25) is 0 Å². The number of hydrogen-bond donors (Lipinski definition) is 0. The molecule has 0 aliphatic heterocycles. The van der Waals surface area contributed by atoms with E-state index in [-0.39, 0.29) is 0 Å². The summed E-state index contributed by atoms with van der Waals surface area (Å²) in [6.45, 7) is 9.14. The molecule has 2 atom stereocenters. The van der Waals surface area contributed by atoms with E-state index in [4.69, 9.17) is 0 Å². The largest absolute Gasteiger partial charge is 0.0880 e. The molecule has 0 N–H and O–H groups in total. The molecule has 0 aromatic heterocycles. The molecule has 0 rings (SSSR count). The Morgan fingerprint density at radius 1 is 1.07 bits per heavy atom. The van der Waals surface area contributed by atoms with Crippen LogP contribution in [0.5, 0.6) is 0 Å². The third-order valence-electron chi connectivity index (χ3n) is 3.12. The molecule has 0 spiro atoms. The lowest BCUT2D eigenvalue weighted by Gasteiger charge is -2.11. The topological polar surface area (TPSA) is 0 Å². The molecule has 0 heteroatoms. The first-order chi connectivity index (χ1) is 6.74. The van der Waals surface area contributed by atoms with Gasteiger partial charge in [-0.3, -0.25) is 0 Å². The summed E-state index contributed by atoms with van der Waals surface area (Å²) < 4.78 is 0. The van der Waals surface area contributed by atoms with Crippen molar-refractivity contribution in [3.8, 4) is 0 Å². The van der Waals surface area contributed by atoms with Crippen molar-refractivity contribution in [2.45, 2.75) is 66.2 Å². The minimum Gasteiger partial charge on any atom is -0.0880 e. The Hall–Kier alpha value is -0.260. The Kier molecular flexibility index (Phi) is 9.13. The highest BCUT2D eigenvalue weighted by Gasteiger charge is 2.02. The predicted molar refractivity (Wildman–Crippen MR) is 66.5 cm³/mol. The predicted octanol–water partition coefficient (Wildman–Crippen LogP) is 5.20. The summed E-state index contributed by atoms with van der Waals surface area (Å²) in [4.78, 5) is 0. The normalized spacial score (nSPS) is 16.0. The van der Waals surface area contributed by atoms with Crippen LogP contribution in [0.3, 0.4) is 0 Å². The van der Waals surface area contributed by atoms with E-state index in [9.17, 15) is 0 Å². The fraction of sp³-hybridized carbons (Fsp3) is 0.857. The zero-order valence-corrected chi connectivity index (χ0v) is 10.6. The molecule has 0 saturated heterocycles. The second-order valence-electron chi connectivity index (χ2n) is 4.47. The Bertz CT molecular complexity index is 135. The monoisotopic (exact) mass is 196 g/mol. The molecule has 0 amide bonds. The summed E-state index contributed by atoms with van der Waals surface area (Å²) in [7, 11) is 0. The van der Waals surface area contributed by atoms with Crippen LogP contribution in [0.2, 0.25) is 0 Å². The van der Waals surface area contributed by atoms with Gasteiger partial charge in [0.1, 0.15) is 0 Å². The SMILES string of the molecule is CCCCC(CC)CC=CC(C)CC. The lowest BCUT2D eigenvalue weighted by atomic mass is 9.95. The Balaban J connectivity index is 3.65. The minimum atomic E-state index is 0.763. The lowest BCUT2D eigenvalue weighted by molar-refractivity contribution is 0.455. The van der Waals surface area contributed by atoms with E-state index in [1.165, 1.54) is 38.5 Å². The van der Waals surface area contributed by atoms with Crippen LogP contribution in [0.25, 0.3) is 0 Å². The van der Waals surface area contributed by atoms with Gasteiger partial charge < -0.3 is 0 Å². The van der Waals surface area contributed by atoms with Gasteiger partial charge in [0.05, 0.1) is 0 Å². The van der Waals surface area contributed by atoms with E-state index in [1.807, 2.05) is 0 Å². The first kappa shape index (κ1) is 13.7. The summed E-state index contributed by atoms with van der Waals surface area (Å²) in [5.41, 5.74) is 0. The van der Waals surface area contributed by atoms with Crippen LogP contribution in [0.15, 0.2) is 12.2 Å². The summed E-state index contributed by atoms with van der Waals surface area (Å²) >= 11 is 0. The van der Waals surface area contributed by atoms with Crippen molar-refractivity contribution in [2.75, 3.05) is 0 Å². The Labute approximate surface area is 90.8 Å². The van der Waals surface area contributed by atoms with Crippen LogP contribution in [-0.4, -0.2) is 0 Å². The molecule has 0 radical (unpaired) electrons. The summed E-state index contributed by atoms with van der Waals surface area (Å²) in [5, 5.41) is 0. The molecule has 0 aliphatic carbocycles. The highest BCUT2D eigenvalue weighted by molar-refractivity contribution is 4.87. The molecule has 0 aromatic carbocycles. The molecule has 0 aromatic rings. The number of hydrogen-bond acceptors (Lipinski definition) is 0. The van der Waals surface area contributed by atoms with Gasteiger partial charge >= 0.3 is 0 Å². The second-order valence-corrected chi connectivity index (χ2v) is 4.47. The van der Waals surface area contributed by atoms with Crippen LogP contribution < -0.4 is 0 Å². The molecule has 0 aliphatic rings. The molecule has 2 unspecified atom stereocenters. The first-order valence-corrected chi connectivity index (χ1v) is 6.41. The van der Waals surface area contributed by atoms with E-state index in [1.54, 1.807) is 0 Å². The number of allylic oxidation sites excluding steroid dienone is 2. The molecule has 0 bridgehead atoms. The van der Waals surface area contributed by atoms with Crippen molar-refractivity contribution in [1.82, 2.24) is 0 Å². The van der Waals surface area contributed by atoms with E-state index < -0.39 is 0 Å². The Morgan fingerprint density at radius 2 is 1.79 bits per heavy atom. The molecule has 84 valence electrons. The smallest absolute Gasteiger partial charge is 0.0265 e. The standard InChI is InChI=1S/C14H28/c1-5-8-11-14(7-3)12-9-10-13(4)6-2/h9-10,13-14H,5-8,11-12H2,1-4H3. The maximum atomic E-state index is 2.40. The third-order valence-corrected chi connectivity index (χ3v) is 3.12. The highest BCUT2D eigenvalue weighted by Crippen LogP contribution is 2.17. The van der Waals surface area contributed by atoms with Crippen molar-refractivity contribution in [1.29, 1.82) is 0 Å². The third kappa shape index (κ3) is 7.17. The van der Waals surface area contributed by atoms with Crippen LogP contribution in [0.4, 0.5) is 0 Å². The number of unbranched alkanes of at least 4 members (excludes halogenated alkanes) is 1. The summed E-state index contributed by atoms with van der Waals surface area (Å²) in [6, 6.07) is 0. The zero-order valence-electron chi connectivity index (χ0n) is 10.6. The fourth-order valence-corrected chi connectivity index (χ4v) is 1.62. The maximum Gasteiger partial charge on any atom is -0.0265 e. The minimum absolute atomic E-state index is 0.763. The molecule has 0 fully saturated rings. The maximum absolute atomic E-state index is 2.40. The van der Waals surface area contributed by atoms with Crippen LogP contribution >= 0.6 is 0 Å². The van der Waals surface area contributed by atoms with Crippen LogP contribution in [-0.2, 0) is 0 Å². The van der Waals surface area contributed by atoms with Gasteiger partial charge in [-0.15, -0.1) is 0 Å². The first-order valence-electron chi connectivity index (χ1n) is 6.41. The van der Waals surface area contributed by atoms with Gasteiger partial charge in [-0.25, -0.2) is 0 Å². The van der Waals surface area contributed by atoms with Gasteiger partial charge in [0.25, 0.3) is 0 Å². The highest BCUT2D eigenvalue weighted by atomic mass is 14.1. The van der Waals surface area contributed by atoms with E-state index >= 15 is 0 Å². The van der Waals surface area contributed by atoms with Crippen molar-refractivity contribution >= 4 is 0 Å². The van der Waals surface area contributed by atoms with Crippen molar-refractivity contribution < 1.29 is 0 Å². The molecule has 0 saturated carbocycles. The van der Waals surface area contributed by atoms with Gasteiger partial charge in [-0.2, -0.15) is 0 Å². The zero-order chi connectivity index (χ0) is 10.8. The second kappa shape index (κ2) is 9.30. The van der Waals surface area contributed by atoms with Gasteiger partial charge in [-0.05, 0) is 18.3 Å². The summed E-state index contributed by atoms with van der Waals surface area (Å²) in [5.74, 6) is 1.69. The molecule has 0 heterocycles. The van der Waals surface area contributed by atoms with Crippen LogP contribution in [0, 0.1) is 11.8 Å². The van der Waals surface area contributed by atoms with E-state index in [0.29, 0.717) is 0 Å². The van der Waals surface area contributed by atoms with Gasteiger partial charge in [-0.1, -0.05) is 72.0 Å². The van der Waals surface area contributed by atoms with Gasteiger partial charge in [0.15, 0.2) is 0 Å². The quantitative estimate of drug-likeness (QED) is 0.468. The van der Waals surface area contributed by atoms with Crippen molar-refractivity contribution in [2.24, 2.45) is 11.8 Å². The van der Waals surface area contributed by atoms with E-state index in [0.717, 1.165) is 11.8 Å². The summed E-state index contributed by atoms with van der Waals surface area (Å²) in [6.07, 6.45) is 12.8. The molecule has 14 heavy (non-hydrogen) atoms. The lowest BCUT2D eigenvalue weighted by Crippen LogP contribution is -1.97. The Morgan fingerprint density at radius 3 is 2.29 bits per heavy atom. The van der Waals surface area contributed by atoms with E-state index in [2.05, 4.69) is 39.8 Å². The molecular formula is C14H28. The molecule has 0 nitrogen and oxygen atoms in total. The van der Waals surface area contributed by atoms with Crippen molar-refractivity contribution in [3.05, 3.63) is 12.2 Å². The average molecular weight is 196 g/mol. The molecular weight excluding hydrogens is 168 g/mol. The number of rotatable bonds is 8. The fourth-order valence-electron chi connectivity index (χ4n) is 1.62. The van der Waals surface area contributed by atoms with Crippen LogP contribution in [0.1, 0.15) is 66.2 Å². The average Bonchev–Trinajstić information content (AvgIpc) is 2.22.